The highest BCUT2D eigenvalue weighted by atomic mass is 32.1. The molecule has 0 spiro atoms. The Hall–Kier alpha value is -9.36. The summed E-state index contributed by atoms with van der Waals surface area (Å²) < 4.78 is 22.7. The molecule has 0 aliphatic heterocycles. The van der Waals surface area contributed by atoms with Gasteiger partial charge in [-0.3, -0.25) is 0 Å². The third-order valence-electron chi connectivity index (χ3n) is 17.0. The van der Waals surface area contributed by atoms with Crippen molar-refractivity contribution in [2.24, 2.45) is 0 Å². The number of furan rings is 2. The van der Waals surface area contributed by atoms with Crippen molar-refractivity contribution < 1.29 is 8.83 Å². The summed E-state index contributed by atoms with van der Waals surface area (Å²) >= 11 is 1.90. The summed E-state index contributed by atoms with van der Waals surface area (Å²) in [6, 6.07) is 82.8. The van der Waals surface area contributed by atoms with E-state index in [1.807, 2.05) is 35.6 Å². The Morgan fingerprint density at radius 3 is 1.24 bits per heavy atom. The Labute approximate surface area is 492 Å². The predicted octanol–water partition coefficient (Wildman–Crippen LogP) is 23.1. The molecule has 0 fully saturated rings. The van der Waals surface area contributed by atoms with E-state index in [1.165, 1.54) is 124 Å². The van der Waals surface area contributed by atoms with Crippen molar-refractivity contribution in [1.82, 2.24) is 13.7 Å². The topological polar surface area (TPSA) is 41.1 Å². The number of hydrogen-bond acceptors (Lipinski definition) is 3. The zero-order valence-electron chi connectivity index (χ0n) is 49.0. The molecule has 0 saturated carbocycles. The third kappa shape index (κ3) is 8.17. The molecular weight excluding hydrogens is 1040 g/mol. The minimum atomic E-state index is -0.0331. The van der Waals surface area contributed by atoms with Crippen LogP contribution in [0.15, 0.2) is 239 Å². The molecular formula is C78H65N3O2S. The minimum absolute atomic E-state index is 0.00161. The summed E-state index contributed by atoms with van der Waals surface area (Å²) in [6.45, 7) is 20.4. The molecule has 0 atom stereocenters. The summed E-state index contributed by atoms with van der Waals surface area (Å²) in [7, 11) is 0. The number of fused-ring (bicyclic) bond motifs is 19. The van der Waals surface area contributed by atoms with Crippen LogP contribution in [0.3, 0.4) is 0 Å². The van der Waals surface area contributed by atoms with Gasteiger partial charge < -0.3 is 22.5 Å². The SMILES string of the molecule is CC(C)(C)n1c2ccccc2c2cc(-c3cccc4c3oc3ccccc34)ccc21.CC(C)(C)n1c2ccccc2c2cc(-c3cccc4c3sc3ccccc34)ccc21.CC(C)(C)n1c2ccccc2c2ccc3c4ccccc4oc3c21. The van der Waals surface area contributed by atoms with Gasteiger partial charge in [0.15, 0.2) is 5.58 Å². The van der Waals surface area contributed by atoms with Crippen LogP contribution in [0.4, 0.5) is 0 Å². The average molecular weight is 1110 g/mol. The van der Waals surface area contributed by atoms with Gasteiger partial charge in [0.25, 0.3) is 0 Å². The highest BCUT2D eigenvalue weighted by Gasteiger charge is 2.26. The normalized spacial score (nSPS) is 12.6. The van der Waals surface area contributed by atoms with Gasteiger partial charge in [-0.2, -0.15) is 0 Å². The Morgan fingerprint density at radius 2 is 0.679 bits per heavy atom. The van der Waals surface area contributed by atoms with E-state index in [0.29, 0.717) is 0 Å². The van der Waals surface area contributed by atoms with Gasteiger partial charge in [0, 0.05) is 124 Å². The fourth-order valence-electron chi connectivity index (χ4n) is 13.6. The summed E-state index contributed by atoms with van der Waals surface area (Å²) in [5, 5.41) is 15.2. The molecule has 11 aromatic carbocycles. The highest BCUT2D eigenvalue weighted by Crippen LogP contribution is 2.45. The Kier molecular flexibility index (Phi) is 11.7. The number of para-hydroxylation sites is 6. The van der Waals surface area contributed by atoms with Crippen LogP contribution < -0.4 is 0 Å². The summed E-state index contributed by atoms with van der Waals surface area (Å²) in [6.07, 6.45) is 0. The molecule has 17 rings (SSSR count). The Bertz CT molecular complexity index is 5210. The first-order chi connectivity index (χ1) is 40.6. The molecule has 0 N–H and O–H groups in total. The molecule has 6 heteroatoms. The van der Waals surface area contributed by atoms with Crippen LogP contribution in [0.1, 0.15) is 62.3 Å². The second kappa shape index (κ2) is 19.1. The largest absolute Gasteiger partial charge is 0.455 e. The molecule has 0 radical (unpaired) electrons. The molecule has 17 aromatic rings. The van der Waals surface area contributed by atoms with Crippen LogP contribution in [0.5, 0.6) is 0 Å². The maximum atomic E-state index is 6.31. The number of rotatable bonds is 2. The van der Waals surface area contributed by atoms with E-state index in [9.17, 15) is 0 Å². The third-order valence-corrected chi connectivity index (χ3v) is 18.2. The second-order valence-corrected chi connectivity index (χ2v) is 26.6. The zero-order valence-corrected chi connectivity index (χ0v) is 49.8. The van der Waals surface area contributed by atoms with Crippen LogP contribution >= 0.6 is 11.3 Å². The maximum absolute atomic E-state index is 6.31. The predicted molar refractivity (Wildman–Crippen MR) is 362 cm³/mol. The van der Waals surface area contributed by atoms with Gasteiger partial charge in [-0.1, -0.05) is 164 Å². The van der Waals surface area contributed by atoms with Gasteiger partial charge in [0.1, 0.15) is 16.7 Å². The number of nitrogens with zero attached hydrogens (tertiary/aromatic N) is 3. The second-order valence-electron chi connectivity index (χ2n) is 25.5. The van der Waals surface area contributed by atoms with E-state index >= 15 is 0 Å². The van der Waals surface area contributed by atoms with E-state index in [2.05, 4.69) is 282 Å². The molecule has 0 bridgehead atoms. The fourth-order valence-corrected chi connectivity index (χ4v) is 14.8. The van der Waals surface area contributed by atoms with Crippen molar-refractivity contribution in [2.75, 3.05) is 0 Å². The molecule has 6 heterocycles. The fraction of sp³-hybridized carbons (Fsp3) is 0.154. The zero-order chi connectivity index (χ0) is 57.4. The van der Waals surface area contributed by atoms with Crippen molar-refractivity contribution in [3.8, 4) is 22.3 Å². The van der Waals surface area contributed by atoms with Gasteiger partial charge in [0.05, 0.1) is 5.52 Å². The van der Waals surface area contributed by atoms with E-state index in [4.69, 9.17) is 8.83 Å². The van der Waals surface area contributed by atoms with Crippen molar-refractivity contribution in [1.29, 1.82) is 0 Å². The van der Waals surface area contributed by atoms with Crippen LogP contribution in [0, 0.1) is 0 Å². The molecule has 5 nitrogen and oxygen atoms in total. The number of hydrogen-bond donors (Lipinski definition) is 0. The van der Waals surface area contributed by atoms with Gasteiger partial charge in [-0.15, -0.1) is 11.3 Å². The van der Waals surface area contributed by atoms with E-state index in [1.54, 1.807) is 0 Å². The average Bonchev–Trinajstić information content (AvgIpc) is 3.67. The molecule has 410 valence electrons. The first-order valence-electron chi connectivity index (χ1n) is 29.3. The van der Waals surface area contributed by atoms with Crippen molar-refractivity contribution >= 4 is 141 Å². The summed E-state index contributed by atoms with van der Waals surface area (Å²) in [4.78, 5) is 0. The molecule has 0 unspecified atom stereocenters. The smallest absolute Gasteiger partial charge is 0.159 e. The standard InChI is InChI=1S/C28H23NO.C28H23NS.C22H19NO/c2*1-28(2,3)29-24-13-6-4-9-20(24)23-17-18(15-16-25(23)29)19-11-8-12-22-21-10-5-7-14-26(21)30-27(19)22;1-22(2,3)23-18-10-6-4-8-14(18)16-12-13-17-15-9-5-7-11-19(15)24-21(17)20(16)23/h2*4-17H,1-3H3;4-13H,1-3H3. The highest BCUT2D eigenvalue weighted by molar-refractivity contribution is 7.26. The van der Waals surface area contributed by atoms with Crippen LogP contribution in [0.25, 0.3) is 152 Å². The van der Waals surface area contributed by atoms with Gasteiger partial charge in [0.2, 0.25) is 0 Å². The van der Waals surface area contributed by atoms with Crippen molar-refractivity contribution in [2.45, 2.75) is 78.9 Å². The Balaban J connectivity index is 0.000000108. The van der Waals surface area contributed by atoms with Gasteiger partial charge >= 0.3 is 0 Å². The van der Waals surface area contributed by atoms with Crippen LogP contribution in [-0.4, -0.2) is 13.7 Å². The van der Waals surface area contributed by atoms with E-state index in [0.717, 1.165) is 27.9 Å². The van der Waals surface area contributed by atoms with E-state index in [-0.39, 0.29) is 16.6 Å². The van der Waals surface area contributed by atoms with Crippen LogP contribution in [-0.2, 0) is 16.6 Å². The molecule has 84 heavy (non-hydrogen) atoms. The quantitative estimate of drug-likeness (QED) is 0.173. The minimum Gasteiger partial charge on any atom is -0.455 e. The first-order valence-corrected chi connectivity index (χ1v) is 30.1. The number of thiophene rings is 1. The molecule has 0 aliphatic rings. The maximum Gasteiger partial charge on any atom is 0.159 e. The van der Waals surface area contributed by atoms with Crippen LogP contribution in [0.2, 0.25) is 0 Å². The monoisotopic (exact) mass is 1110 g/mol. The number of benzene rings is 11. The van der Waals surface area contributed by atoms with E-state index < -0.39 is 0 Å². The van der Waals surface area contributed by atoms with Gasteiger partial charge in [-0.25, -0.2) is 0 Å². The Morgan fingerprint density at radius 1 is 0.286 bits per heavy atom. The first kappa shape index (κ1) is 51.5. The lowest BCUT2D eigenvalue weighted by molar-refractivity contribution is 0.422. The van der Waals surface area contributed by atoms with Crippen molar-refractivity contribution in [3.63, 3.8) is 0 Å². The number of aromatic nitrogens is 3. The lowest BCUT2D eigenvalue weighted by Crippen LogP contribution is -2.21. The molecule has 0 saturated heterocycles. The lowest BCUT2D eigenvalue weighted by Gasteiger charge is -2.24. The lowest BCUT2D eigenvalue weighted by atomic mass is 10.00. The molecule has 0 aliphatic carbocycles. The molecule has 6 aromatic heterocycles. The van der Waals surface area contributed by atoms with Crippen molar-refractivity contribution in [3.05, 3.63) is 231 Å². The van der Waals surface area contributed by atoms with Gasteiger partial charge in [-0.05, 0) is 146 Å². The molecule has 0 amide bonds. The summed E-state index contributed by atoms with van der Waals surface area (Å²) in [5.41, 5.74) is 16.3. The summed E-state index contributed by atoms with van der Waals surface area (Å²) in [5.74, 6) is 0.